The molecule has 3 aromatic carbocycles. The Labute approximate surface area is 231 Å². The highest BCUT2D eigenvalue weighted by molar-refractivity contribution is 6.09. The minimum Gasteiger partial charge on any atom is -0.492 e. The number of likely N-dealkylation sites (N-methyl/N-ethyl adjacent to an activating group) is 1. The van der Waals surface area contributed by atoms with Gasteiger partial charge in [0.2, 0.25) is 0 Å². The lowest BCUT2D eigenvalue weighted by atomic mass is 10.0. The summed E-state index contributed by atoms with van der Waals surface area (Å²) in [5, 5.41) is 2.96. The number of amides is 1. The summed E-state index contributed by atoms with van der Waals surface area (Å²) in [5.74, 6) is -0.0524. The van der Waals surface area contributed by atoms with E-state index < -0.39 is 11.6 Å². The summed E-state index contributed by atoms with van der Waals surface area (Å²) in [5.41, 5.74) is 3.23. The zero-order valence-corrected chi connectivity index (χ0v) is 23.6. The van der Waals surface area contributed by atoms with Gasteiger partial charge in [-0.05, 0) is 81.8 Å². The van der Waals surface area contributed by atoms with Gasteiger partial charge in [-0.15, -0.1) is 0 Å². The number of carbonyl (C=O) groups excluding carboxylic acids is 2. The number of nitrogens with zero attached hydrogens (tertiary/aromatic N) is 2. The molecule has 0 saturated carbocycles. The fourth-order valence-electron chi connectivity index (χ4n) is 4.50. The third kappa shape index (κ3) is 7.91. The number of nitrogens with one attached hydrogen (secondary N) is 1. The van der Waals surface area contributed by atoms with Crippen molar-refractivity contribution in [3.05, 3.63) is 83.4 Å². The van der Waals surface area contributed by atoms with Crippen molar-refractivity contribution < 1.29 is 19.1 Å². The SMILES string of the molecule is Cc1cc(OCCN2CCN(C)CC2)ccc1C(=O)Nc1cc(-c2ccccc2)ccc1C(=O)OC(C)(C)C. The van der Waals surface area contributed by atoms with Crippen molar-refractivity contribution >= 4 is 17.6 Å². The molecule has 3 aromatic rings. The summed E-state index contributed by atoms with van der Waals surface area (Å²) in [6, 6.07) is 20.7. The number of hydrogen-bond donors (Lipinski definition) is 1. The normalized spacial score (nSPS) is 14.6. The molecule has 0 radical (unpaired) electrons. The van der Waals surface area contributed by atoms with Crippen molar-refractivity contribution in [3.63, 3.8) is 0 Å². The smallest absolute Gasteiger partial charge is 0.340 e. The molecular weight excluding hydrogens is 490 g/mol. The van der Waals surface area contributed by atoms with Crippen molar-refractivity contribution in [2.75, 3.05) is 51.7 Å². The van der Waals surface area contributed by atoms with Gasteiger partial charge in [0.1, 0.15) is 18.0 Å². The molecule has 0 atom stereocenters. The van der Waals surface area contributed by atoms with E-state index in [1.54, 1.807) is 12.1 Å². The number of anilines is 1. The lowest BCUT2D eigenvalue weighted by molar-refractivity contribution is 0.00707. The van der Waals surface area contributed by atoms with Crippen LogP contribution in [-0.2, 0) is 4.74 Å². The van der Waals surface area contributed by atoms with E-state index in [4.69, 9.17) is 9.47 Å². The predicted octanol–water partition coefficient (Wildman–Crippen LogP) is 5.50. The Kier molecular flexibility index (Phi) is 9.04. The number of benzene rings is 3. The number of aryl methyl sites for hydroxylation is 1. The van der Waals surface area contributed by atoms with E-state index in [2.05, 4.69) is 22.2 Å². The predicted molar refractivity (Wildman–Crippen MR) is 156 cm³/mol. The molecule has 1 fully saturated rings. The molecule has 4 rings (SSSR count). The van der Waals surface area contributed by atoms with Crippen LogP contribution in [0.1, 0.15) is 47.1 Å². The Hall–Kier alpha value is -3.68. The first kappa shape index (κ1) is 28.3. The van der Waals surface area contributed by atoms with E-state index >= 15 is 0 Å². The van der Waals surface area contributed by atoms with Gasteiger partial charge in [-0.3, -0.25) is 9.69 Å². The van der Waals surface area contributed by atoms with Gasteiger partial charge in [0, 0.05) is 38.3 Å². The summed E-state index contributed by atoms with van der Waals surface area (Å²) in [6.45, 7) is 13.1. The number of ether oxygens (including phenoxy) is 2. The molecule has 1 aliphatic heterocycles. The van der Waals surface area contributed by atoms with Crippen molar-refractivity contribution in [3.8, 4) is 16.9 Å². The second-order valence-corrected chi connectivity index (χ2v) is 11.1. The van der Waals surface area contributed by atoms with E-state index in [0.717, 1.165) is 55.2 Å². The van der Waals surface area contributed by atoms with E-state index in [9.17, 15) is 9.59 Å². The summed E-state index contributed by atoms with van der Waals surface area (Å²) in [7, 11) is 2.15. The van der Waals surface area contributed by atoms with Crippen molar-refractivity contribution in [2.45, 2.75) is 33.3 Å². The average Bonchev–Trinajstić information content (AvgIpc) is 2.89. The first-order valence-corrected chi connectivity index (χ1v) is 13.5. The minimum atomic E-state index is -0.659. The van der Waals surface area contributed by atoms with Crippen LogP contribution in [-0.4, -0.2) is 73.7 Å². The second-order valence-electron chi connectivity index (χ2n) is 11.1. The number of hydrogen-bond acceptors (Lipinski definition) is 6. The van der Waals surface area contributed by atoms with E-state index in [0.29, 0.717) is 23.4 Å². The second kappa shape index (κ2) is 12.5. The third-order valence-corrected chi connectivity index (χ3v) is 6.71. The van der Waals surface area contributed by atoms with Gasteiger partial charge in [-0.1, -0.05) is 36.4 Å². The molecule has 1 saturated heterocycles. The highest BCUT2D eigenvalue weighted by atomic mass is 16.6. The maximum Gasteiger partial charge on any atom is 0.340 e. The van der Waals surface area contributed by atoms with Crippen LogP contribution in [0.3, 0.4) is 0 Å². The number of rotatable bonds is 8. The molecule has 7 heteroatoms. The van der Waals surface area contributed by atoms with Crippen LogP contribution in [0.15, 0.2) is 66.7 Å². The maximum atomic E-state index is 13.4. The van der Waals surface area contributed by atoms with Crippen molar-refractivity contribution in [2.24, 2.45) is 0 Å². The first-order chi connectivity index (χ1) is 18.6. The summed E-state index contributed by atoms with van der Waals surface area (Å²) in [4.78, 5) is 31.1. The lowest BCUT2D eigenvalue weighted by Gasteiger charge is -2.32. The van der Waals surface area contributed by atoms with Gasteiger partial charge < -0.3 is 19.7 Å². The van der Waals surface area contributed by atoms with Crippen molar-refractivity contribution in [1.29, 1.82) is 0 Å². The van der Waals surface area contributed by atoms with Gasteiger partial charge in [0.05, 0.1) is 11.3 Å². The molecule has 206 valence electrons. The van der Waals surface area contributed by atoms with Crippen LogP contribution in [0.25, 0.3) is 11.1 Å². The monoisotopic (exact) mass is 529 g/mol. The molecule has 0 aliphatic carbocycles. The molecule has 1 heterocycles. The Bertz CT molecular complexity index is 1290. The van der Waals surface area contributed by atoms with Crippen LogP contribution in [0.5, 0.6) is 5.75 Å². The van der Waals surface area contributed by atoms with Gasteiger partial charge >= 0.3 is 5.97 Å². The minimum absolute atomic E-state index is 0.300. The molecular formula is C32H39N3O4. The maximum absolute atomic E-state index is 13.4. The number of carbonyl (C=O) groups is 2. The first-order valence-electron chi connectivity index (χ1n) is 13.5. The van der Waals surface area contributed by atoms with Gasteiger partial charge in [-0.2, -0.15) is 0 Å². The fraction of sp³-hybridized carbons (Fsp3) is 0.375. The molecule has 0 unspecified atom stereocenters. The molecule has 1 aliphatic rings. The summed E-state index contributed by atoms with van der Waals surface area (Å²) < 4.78 is 11.6. The Morgan fingerprint density at radius 2 is 1.56 bits per heavy atom. The highest BCUT2D eigenvalue weighted by Gasteiger charge is 2.22. The van der Waals surface area contributed by atoms with Gasteiger partial charge in [0.25, 0.3) is 5.91 Å². The van der Waals surface area contributed by atoms with Crippen LogP contribution in [0, 0.1) is 6.92 Å². The molecule has 39 heavy (non-hydrogen) atoms. The zero-order chi connectivity index (χ0) is 28.0. The van der Waals surface area contributed by atoms with Crippen LogP contribution in [0.4, 0.5) is 5.69 Å². The average molecular weight is 530 g/mol. The van der Waals surface area contributed by atoms with Crippen LogP contribution >= 0.6 is 0 Å². The largest absolute Gasteiger partial charge is 0.492 e. The molecule has 1 amide bonds. The van der Waals surface area contributed by atoms with E-state index in [1.807, 2.05) is 82.3 Å². The summed E-state index contributed by atoms with van der Waals surface area (Å²) >= 11 is 0. The van der Waals surface area contributed by atoms with Crippen LogP contribution < -0.4 is 10.1 Å². The zero-order valence-electron chi connectivity index (χ0n) is 23.6. The number of piperazine rings is 1. The Morgan fingerprint density at radius 1 is 0.872 bits per heavy atom. The third-order valence-electron chi connectivity index (χ3n) is 6.71. The molecule has 0 aromatic heterocycles. The van der Waals surface area contributed by atoms with E-state index in [-0.39, 0.29) is 5.91 Å². The van der Waals surface area contributed by atoms with Gasteiger partial charge in [-0.25, -0.2) is 4.79 Å². The topological polar surface area (TPSA) is 71.1 Å². The highest BCUT2D eigenvalue weighted by Crippen LogP contribution is 2.28. The van der Waals surface area contributed by atoms with Gasteiger partial charge in [0.15, 0.2) is 0 Å². The quantitative estimate of drug-likeness (QED) is 0.389. The number of esters is 1. The van der Waals surface area contributed by atoms with E-state index in [1.165, 1.54) is 0 Å². The molecule has 0 spiro atoms. The van der Waals surface area contributed by atoms with Crippen LogP contribution in [0.2, 0.25) is 0 Å². The standard InChI is InChI=1S/C32H39N3O4/c1-23-21-26(38-20-19-35-17-15-34(5)16-18-35)12-14-27(23)30(36)33-29-22-25(24-9-7-6-8-10-24)11-13-28(29)31(37)39-32(2,3)4/h6-14,21-22H,15-20H2,1-5H3,(H,33,36). The van der Waals surface area contributed by atoms with Crippen molar-refractivity contribution in [1.82, 2.24) is 9.80 Å². The molecule has 7 nitrogen and oxygen atoms in total. The Morgan fingerprint density at radius 3 is 2.23 bits per heavy atom. The fourth-order valence-corrected chi connectivity index (χ4v) is 4.50. The molecule has 1 N–H and O–H groups in total. The molecule has 0 bridgehead atoms. The lowest BCUT2D eigenvalue weighted by Crippen LogP contribution is -2.45. The Balaban J connectivity index is 1.49. The summed E-state index contributed by atoms with van der Waals surface area (Å²) in [6.07, 6.45) is 0.